The molecule has 4 heteroatoms. The van der Waals surface area contributed by atoms with Crippen molar-refractivity contribution in [2.75, 3.05) is 0 Å². The van der Waals surface area contributed by atoms with Crippen molar-refractivity contribution in [1.82, 2.24) is 15.4 Å². The summed E-state index contributed by atoms with van der Waals surface area (Å²) in [5.41, 5.74) is 1.72. The molecular formula is C6H4FeN3-. The van der Waals surface area contributed by atoms with Crippen molar-refractivity contribution >= 4 is 11.0 Å². The van der Waals surface area contributed by atoms with Crippen LogP contribution < -0.4 is 5.10 Å². The van der Waals surface area contributed by atoms with Gasteiger partial charge in [-0.3, -0.25) is 5.21 Å². The largest absolute Gasteiger partial charge is 0.350 e. The first-order valence-corrected chi connectivity index (χ1v) is 2.67. The average molecular weight is 174 g/mol. The van der Waals surface area contributed by atoms with E-state index in [1.165, 1.54) is 0 Å². The Morgan fingerprint density at radius 2 is 2.00 bits per heavy atom. The number of hydrogen-bond donors (Lipinski definition) is 0. The van der Waals surface area contributed by atoms with Gasteiger partial charge in [0.05, 0.1) is 0 Å². The normalized spacial score (nSPS) is 9.20. The van der Waals surface area contributed by atoms with Crippen LogP contribution in [0.15, 0.2) is 24.3 Å². The first-order chi connectivity index (χ1) is 4.47. The molecule has 1 aromatic carbocycles. The van der Waals surface area contributed by atoms with E-state index in [0.29, 0.717) is 0 Å². The van der Waals surface area contributed by atoms with E-state index in [9.17, 15) is 0 Å². The molecule has 0 N–H and O–H groups in total. The van der Waals surface area contributed by atoms with Gasteiger partial charge in [0.25, 0.3) is 0 Å². The van der Waals surface area contributed by atoms with E-state index in [1.54, 1.807) is 0 Å². The third kappa shape index (κ3) is 1.03. The molecule has 0 atom stereocenters. The Morgan fingerprint density at radius 1 is 1.20 bits per heavy atom. The quantitative estimate of drug-likeness (QED) is 0.548. The van der Waals surface area contributed by atoms with Crippen molar-refractivity contribution < 1.29 is 17.1 Å². The second-order valence-corrected chi connectivity index (χ2v) is 1.78. The Morgan fingerprint density at radius 3 is 2.80 bits per heavy atom. The van der Waals surface area contributed by atoms with Gasteiger partial charge in [0.1, 0.15) is 0 Å². The molecular weight excluding hydrogens is 170 g/mol. The maximum absolute atomic E-state index is 3.76. The first-order valence-electron chi connectivity index (χ1n) is 2.67. The van der Waals surface area contributed by atoms with Gasteiger partial charge in [0.2, 0.25) is 0 Å². The summed E-state index contributed by atoms with van der Waals surface area (Å²) in [4.78, 5) is 0. The van der Waals surface area contributed by atoms with Gasteiger partial charge in [-0.15, -0.1) is 0 Å². The minimum Gasteiger partial charge on any atom is -0.350 e. The number of nitrogens with zero attached hydrogens (tertiary/aromatic N) is 3. The molecule has 0 fully saturated rings. The number of aromatic nitrogens is 3. The van der Waals surface area contributed by atoms with Crippen molar-refractivity contribution in [3.05, 3.63) is 24.3 Å². The number of benzene rings is 1. The number of fused-ring (bicyclic) bond motifs is 1. The fourth-order valence-corrected chi connectivity index (χ4v) is 0.752. The van der Waals surface area contributed by atoms with Crippen LogP contribution in [-0.4, -0.2) is 10.3 Å². The van der Waals surface area contributed by atoms with Crippen LogP contribution in [-0.2, 0) is 17.1 Å². The molecule has 0 radical (unpaired) electrons. The van der Waals surface area contributed by atoms with E-state index in [-0.39, 0.29) is 17.1 Å². The van der Waals surface area contributed by atoms with Crippen LogP contribution in [0.4, 0.5) is 0 Å². The zero-order chi connectivity index (χ0) is 6.10. The summed E-state index contributed by atoms with van der Waals surface area (Å²) in [5, 5.41) is 11.0. The fraction of sp³-hybridized carbons (Fsp3) is 0. The minimum atomic E-state index is 0. The second-order valence-electron chi connectivity index (χ2n) is 1.78. The molecule has 1 heterocycles. The SMILES string of the molecule is [Fe].c1ccc2[n-]nnc2c1. The summed E-state index contributed by atoms with van der Waals surface area (Å²) in [7, 11) is 0. The smallest absolute Gasteiger partial charge is 0 e. The van der Waals surface area contributed by atoms with Crippen molar-refractivity contribution in [3.8, 4) is 0 Å². The van der Waals surface area contributed by atoms with Crippen molar-refractivity contribution in [2.45, 2.75) is 0 Å². The predicted octanol–water partition coefficient (Wildman–Crippen LogP) is 0.584. The summed E-state index contributed by atoms with van der Waals surface area (Å²) in [6.07, 6.45) is 0. The van der Waals surface area contributed by atoms with Crippen molar-refractivity contribution in [1.29, 1.82) is 0 Å². The molecule has 52 valence electrons. The van der Waals surface area contributed by atoms with Gasteiger partial charge in [-0.05, 0) is 11.0 Å². The van der Waals surface area contributed by atoms with Gasteiger partial charge in [-0.1, -0.05) is 24.3 Å². The molecule has 0 spiro atoms. The van der Waals surface area contributed by atoms with E-state index >= 15 is 0 Å². The zero-order valence-corrected chi connectivity index (χ0v) is 6.11. The monoisotopic (exact) mass is 174 g/mol. The summed E-state index contributed by atoms with van der Waals surface area (Å²) < 4.78 is 0. The molecule has 2 rings (SSSR count). The van der Waals surface area contributed by atoms with Gasteiger partial charge in [0, 0.05) is 17.1 Å². The average Bonchev–Trinajstić information content (AvgIpc) is 2.33. The summed E-state index contributed by atoms with van der Waals surface area (Å²) in [6, 6.07) is 7.60. The van der Waals surface area contributed by atoms with Crippen LogP contribution in [0.2, 0.25) is 0 Å². The molecule has 1 aromatic heterocycles. The van der Waals surface area contributed by atoms with Crippen molar-refractivity contribution in [3.63, 3.8) is 0 Å². The maximum atomic E-state index is 3.76. The van der Waals surface area contributed by atoms with E-state index in [4.69, 9.17) is 0 Å². The summed E-state index contributed by atoms with van der Waals surface area (Å²) in [6.45, 7) is 0. The Hall–Kier alpha value is -0.861. The standard InChI is InChI=1S/C6H4N3.Fe/c1-2-4-6-5(3-1)7-9-8-6;/h1-4H;/q-1;. The van der Waals surface area contributed by atoms with E-state index < -0.39 is 0 Å². The topological polar surface area (TPSA) is 39.9 Å². The number of hydrogen-bond acceptors (Lipinski definition) is 2. The van der Waals surface area contributed by atoms with E-state index in [1.807, 2.05) is 24.3 Å². The van der Waals surface area contributed by atoms with E-state index in [2.05, 4.69) is 15.4 Å². The first kappa shape index (κ1) is 7.25. The molecule has 0 amide bonds. The molecule has 0 aliphatic carbocycles. The van der Waals surface area contributed by atoms with Gasteiger partial charge in [-0.25, -0.2) is 0 Å². The van der Waals surface area contributed by atoms with Gasteiger partial charge in [0.15, 0.2) is 0 Å². The Labute approximate surface area is 68.3 Å². The molecule has 0 saturated heterocycles. The molecule has 10 heavy (non-hydrogen) atoms. The van der Waals surface area contributed by atoms with Crippen LogP contribution in [0, 0.1) is 0 Å². The Kier molecular flexibility index (Phi) is 2.04. The fourth-order valence-electron chi connectivity index (χ4n) is 0.752. The number of rotatable bonds is 0. The second kappa shape index (κ2) is 2.82. The van der Waals surface area contributed by atoms with Crippen LogP contribution in [0.25, 0.3) is 11.0 Å². The molecule has 0 saturated carbocycles. The molecule has 0 aliphatic heterocycles. The van der Waals surface area contributed by atoms with Crippen LogP contribution in [0.1, 0.15) is 0 Å². The summed E-state index contributed by atoms with van der Waals surface area (Å²) >= 11 is 0. The summed E-state index contributed by atoms with van der Waals surface area (Å²) in [5.74, 6) is 0. The van der Waals surface area contributed by atoms with Gasteiger partial charge < -0.3 is 10.2 Å². The Balaban J connectivity index is 0.000000500. The minimum absolute atomic E-state index is 0. The molecule has 0 unspecified atom stereocenters. The van der Waals surface area contributed by atoms with Crippen LogP contribution in [0.3, 0.4) is 0 Å². The maximum Gasteiger partial charge on any atom is 0 e. The third-order valence-electron chi connectivity index (χ3n) is 1.19. The Bertz CT molecular complexity index is 287. The zero-order valence-electron chi connectivity index (χ0n) is 5.00. The predicted molar refractivity (Wildman–Crippen MR) is 32.9 cm³/mol. The molecule has 0 bridgehead atoms. The molecule has 2 aromatic rings. The van der Waals surface area contributed by atoms with Gasteiger partial charge in [-0.2, -0.15) is 0 Å². The third-order valence-corrected chi connectivity index (χ3v) is 1.19. The van der Waals surface area contributed by atoms with E-state index in [0.717, 1.165) is 11.0 Å². The van der Waals surface area contributed by atoms with Crippen LogP contribution in [0.5, 0.6) is 0 Å². The molecule has 3 nitrogen and oxygen atoms in total. The van der Waals surface area contributed by atoms with Crippen molar-refractivity contribution in [2.24, 2.45) is 0 Å². The van der Waals surface area contributed by atoms with Gasteiger partial charge >= 0.3 is 0 Å². The molecule has 0 aliphatic rings. The van der Waals surface area contributed by atoms with Crippen LogP contribution >= 0.6 is 0 Å².